The fourth-order valence-corrected chi connectivity index (χ4v) is 4.06. The third-order valence-electron chi connectivity index (χ3n) is 5.91. The first-order chi connectivity index (χ1) is 13.5. The molecule has 0 aromatic rings. The van der Waals surface area contributed by atoms with E-state index in [4.69, 9.17) is 14.5 Å². The molecule has 0 aromatic heterocycles. The van der Waals surface area contributed by atoms with Gasteiger partial charge in [-0.2, -0.15) is 0 Å². The van der Waals surface area contributed by atoms with Gasteiger partial charge in [0.2, 0.25) is 0 Å². The fraction of sp³-hybridized carbons (Fsp3) is 0.952. The van der Waals surface area contributed by atoms with E-state index in [1.165, 1.54) is 6.42 Å². The summed E-state index contributed by atoms with van der Waals surface area (Å²) in [6, 6.07) is 0.512. The molecule has 0 amide bonds. The molecular weight excluding hydrogens is 481 g/mol. The van der Waals surface area contributed by atoms with Crippen molar-refractivity contribution in [3.63, 3.8) is 0 Å². The molecule has 2 aliphatic heterocycles. The Labute approximate surface area is 195 Å². The highest BCUT2D eigenvalue weighted by atomic mass is 127. The zero-order valence-corrected chi connectivity index (χ0v) is 21.6. The third-order valence-corrected chi connectivity index (χ3v) is 5.91. The first-order valence-electron chi connectivity index (χ1n) is 11.1. The van der Waals surface area contributed by atoms with Gasteiger partial charge in [-0.15, -0.1) is 24.0 Å². The molecule has 1 N–H and O–H groups in total. The number of likely N-dealkylation sites (N-methyl/N-ethyl adjacent to an activating group) is 1. The minimum Gasteiger partial charge on any atom is -0.382 e. The number of guanidine groups is 1. The molecule has 0 aromatic carbocycles. The van der Waals surface area contributed by atoms with Crippen molar-refractivity contribution in [2.75, 3.05) is 86.3 Å². The first kappa shape index (κ1) is 26.9. The predicted molar refractivity (Wildman–Crippen MR) is 131 cm³/mol. The van der Waals surface area contributed by atoms with Crippen LogP contribution in [0.3, 0.4) is 0 Å². The number of methoxy groups -OCH3 is 1. The molecule has 8 heteroatoms. The highest BCUT2D eigenvalue weighted by molar-refractivity contribution is 14.0. The Morgan fingerprint density at radius 2 is 1.86 bits per heavy atom. The Kier molecular flexibility index (Phi) is 13.7. The van der Waals surface area contributed by atoms with Crippen molar-refractivity contribution in [3.05, 3.63) is 0 Å². The van der Waals surface area contributed by atoms with Gasteiger partial charge in [0.15, 0.2) is 5.96 Å². The van der Waals surface area contributed by atoms with Crippen LogP contribution in [0.1, 0.15) is 27.2 Å². The number of nitrogens with zero attached hydrogens (tertiary/aromatic N) is 4. The van der Waals surface area contributed by atoms with E-state index in [2.05, 4.69) is 47.8 Å². The molecule has 2 rings (SSSR count). The molecule has 2 saturated heterocycles. The van der Waals surface area contributed by atoms with Crippen molar-refractivity contribution in [2.24, 2.45) is 16.8 Å². The summed E-state index contributed by atoms with van der Waals surface area (Å²) in [5, 5.41) is 3.51. The van der Waals surface area contributed by atoms with Gasteiger partial charge in [-0.3, -0.25) is 9.89 Å². The number of hydrogen-bond donors (Lipinski definition) is 1. The highest BCUT2D eigenvalue weighted by Gasteiger charge is 2.27. The zero-order valence-electron chi connectivity index (χ0n) is 19.2. The van der Waals surface area contributed by atoms with Crippen LogP contribution in [0.25, 0.3) is 0 Å². The van der Waals surface area contributed by atoms with Gasteiger partial charge in [0.25, 0.3) is 0 Å². The van der Waals surface area contributed by atoms with Crippen molar-refractivity contribution in [3.8, 4) is 0 Å². The summed E-state index contributed by atoms with van der Waals surface area (Å²) >= 11 is 0. The predicted octanol–water partition coefficient (Wildman–Crippen LogP) is 1.83. The summed E-state index contributed by atoms with van der Waals surface area (Å²) in [5.41, 5.74) is 0. The second-order valence-corrected chi connectivity index (χ2v) is 8.51. The van der Waals surface area contributed by atoms with E-state index in [0.29, 0.717) is 31.1 Å². The summed E-state index contributed by atoms with van der Waals surface area (Å²) in [4.78, 5) is 12.5. The van der Waals surface area contributed by atoms with Crippen LogP contribution in [0.2, 0.25) is 0 Å². The zero-order chi connectivity index (χ0) is 20.4. The van der Waals surface area contributed by atoms with Crippen molar-refractivity contribution in [1.82, 2.24) is 20.0 Å². The molecule has 2 unspecified atom stereocenters. The van der Waals surface area contributed by atoms with Gasteiger partial charge in [0.05, 0.1) is 26.4 Å². The second-order valence-electron chi connectivity index (χ2n) is 8.51. The third kappa shape index (κ3) is 9.25. The Morgan fingerprint density at radius 1 is 1.14 bits per heavy atom. The van der Waals surface area contributed by atoms with E-state index in [-0.39, 0.29) is 24.0 Å². The van der Waals surface area contributed by atoms with Gasteiger partial charge in [0, 0.05) is 64.9 Å². The molecule has 7 nitrogen and oxygen atoms in total. The number of likely N-dealkylation sites (tertiary alicyclic amines) is 1. The summed E-state index contributed by atoms with van der Waals surface area (Å²) < 4.78 is 10.8. The topological polar surface area (TPSA) is 52.6 Å². The highest BCUT2D eigenvalue weighted by Crippen LogP contribution is 2.18. The summed E-state index contributed by atoms with van der Waals surface area (Å²) in [6.45, 7) is 17.5. The van der Waals surface area contributed by atoms with Gasteiger partial charge < -0.3 is 24.6 Å². The minimum absolute atomic E-state index is 0. The van der Waals surface area contributed by atoms with E-state index in [1.807, 2.05) is 0 Å². The average Bonchev–Trinajstić information content (AvgIpc) is 3.14. The number of ether oxygens (including phenoxy) is 2. The number of aliphatic imine (C=N–C) groups is 1. The quantitative estimate of drug-likeness (QED) is 0.203. The lowest BCUT2D eigenvalue weighted by atomic mass is 10.0. The molecule has 0 spiro atoms. The number of piperazine rings is 1. The average molecular weight is 526 g/mol. The summed E-state index contributed by atoms with van der Waals surface area (Å²) in [7, 11) is 3.93. The smallest absolute Gasteiger partial charge is 0.193 e. The SMILES string of the molecule is CCNC(=NCC(C(C)C)N1CCN(C)CC1)N1CCC(COCCOC)C1.I. The Morgan fingerprint density at radius 3 is 2.48 bits per heavy atom. The van der Waals surface area contributed by atoms with Gasteiger partial charge >= 0.3 is 0 Å². The lowest BCUT2D eigenvalue weighted by Gasteiger charge is -2.39. The van der Waals surface area contributed by atoms with E-state index in [0.717, 1.165) is 64.9 Å². The lowest BCUT2D eigenvalue weighted by molar-refractivity contribution is 0.0536. The molecule has 0 bridgehead atoms. The van der Waals surface area contributed by atoms with Gasteiger partial charge in [-0.25, -0.2) is 0 Å². The monoisotopic (exact) mass is 525 g/mol. The molecule has 2 heterocycles. The Balaban J connectivity index is 0.00000420. The number of hydrogen-bond acceptors (Lipinski definition) is 5. The molecule has 2 atom stereocenters. The van der Waals surface area contributed by atoms with Crippen molar-refractivity contribution in [2.45, 2.75) is 33.2 Å². The van der Waals surface area contributed by atoms with Gasteiger partial charge in [-0.1, -0.05) is 13.8 Å². The maximum atomic E-state index is 5.74. The van der Waals surface area contributed by atoms with Crippen LogP contribution >= 0.6 is 24.0 Å². The maximum absolute atomic E-state index is 5.74. The molecule has 0 radical (unpaired) electrons. The first-order valence-corrected chi connectivity index (χ1v) is 11.1. The normalized spacial score (nSPS) is 22.8. The van der Waals surface area contributed by atoms with Crippen molar-refractivity contribution in [1.29, 1.82) is 0 Å². The molecular formula is C21H44IN5O2. The van der Waals surface area contributed by atoms with Crippen molar-refractivity contribution >= 4 is 29.9 Å². The maximum Gasteiger partial charge on any atom is 0.193 e. The van der Waals surface area contributed by atoms with Crippen LogP contribution in [0, 0.1) is 11.8 Å². The number of halogens is 1. The Bertz CT molecular complexity index is 458. The Hall–Kier alpha value is -0.160. The van der Waals surface area contributed by atoms with Crippen LogP contribution in [0.5, 0.6) is 0 Å². The lowest BCUT2D eigenvalue weighted by Crippen LogP contribution is -2.52. The fourth-order valence-electron chi connectivity index (χ4n) is 4.06. The van der Waals surface area contributed by atoms with Crippen molar-refractivity contribution < 1.29 is 9.47 Å². The molecule has 0 saturated carbocycles. The van der Waals surface area contributed by atoms with Crippen LogP contribution in [-0.4, -0.2) is 113 Å². The van der Waals surface area contributed by atoms with Crippen LogP contribution in [0.4, 0.5) is 0 Å². The number of nitrogens with one attached hydrogen (secondary N) is 1. The number of rotatable bonds is 10. The summed E-state index contributed by atoms with van der Waals surface area (Å²) in [5.74, 6) is 2.26. The largest absolute Gasteiger partial charge is 0.382 e. The molecule has 2 aliphatic rings. The van der Waals surface area contributed by atoms with Crippen LogP contribution in [-0.2, 0) is 9.47 Å². The van der Waals surface area contributed by atoms with E-state index in [1.54, 1.807) is 7.11 Å². The summed E-state index contributed by atoms with van der Waals surface area (Å²) in [6.07, 6.45) is 1.17. The van der Waals surface area contributed by atoms with Gasteiger partial charge in [-0.05, 0) is 26.3 Å². The molecule has 29 heavy (non-hydrogen) atoms. The van der Waals surface area contributed by atoms with Crippen LogP contribution in [0.15, 0.2) is 4.99 Å². The van der Waals surface area contributed by atoms with Crippen LogP contribution < -0.4 is 5.32 Å². The van der Waals surface area contributed by atoms with E-state index < -0.39 is 0 Å². The van der Waals surface area contributed by atoms with Gasteiger partial charge in [0.1, 0.15) is 0 Å². The molecule has 172 valence electrons. The molecule has 0 aliphatic carbocycles. The van der Waals surface area contributed by atoms with E-state index >= 15 is 0 Å². The minimum atomic E-state index is 0. The standard InChI is InChI=1S/C21H43N5O2.HI/c1-6-22-21(26-8-7-19(16-26)17-28-14-13-27-5)23-15-20(18(2)3)25-11-9-24(4)10-12-25;/h18-20H,6-17H2,1-5H3,(H,22,23);1H. The molecule has 2 fully saturated rings. The second kappa shape index (κ2) is 14.8. The van der Waals surface area contributed by atoms with E-state index in [9.17, 15) is 0 Å².